The van der Waals surface area contributed by atoms with Crippen molar-refractivity contribution in [3.05, 3.63) is 0 Å². The van der Waals surface area contributed by atoms with E-state index in [1.54, 1.807) is 0 Å². The van der Waals surface area contributed by atoms with E-state index >= 15 is 0 Å². The van der Waals surface area contributed by atoms with Crippen LogP contribution in [0.4, 0.5) is 0 Å². The van der Waals surface area contributed by atoms with Crippen LogP contribution in [0.1, 0.15) is 83.5 Å². The molecule has 3 N–H and O–H groups in total. The lowest BCUT2D eigenvalue weighted by Crippen LogP contribution is -2.47. The molecule has 5 heteroatoms. The van der Waals surface area contributed by atoms with Crippen molar-refractivity contribution in [1.82, 2.24) is 10.6 Å². The largest absolute Gasteiger partial charge is 0.392 e. The van der Waals surface area contributed by atoms with E-state index in [1.807, 2.05) is 0 Å². The van der Waals surface area contributed by atoms with Crippen LogP contribution in [0.3, 0.4) is 0 Å². The van der Waals surface area contributed by atoms with Crippen LogP contribution in [0.25, 0.3) is 0 Å². The molecule has 25 heavy (non-hydrogen) atoms. The Bertz CT molecular complexity index is 454. The highest BCUT2D eigenvalue weighted by atomic mass is 16.3. The molecule has 2 atom stereocenters. The molecule has 3 rings (SSSR count). The first-order chi connectivity index (χ1) is 12.1. The standard InChI is InChI=1S/C20H34N2O3/c23-18-9-5-4-8-17(18)20(25)22-16-12-10-14(11-13-16)19(24)21-15-6-2-1-3-7-15/h14-18,23H,1-13H2,(H,21,24)(H,22,25). The van der Waals surface area contributed by atoms with Gasteiger partial charge in [-0.05, 0) is 51.4 Å². The molecule has 3 saturated carbocycles. The summed E-state index contributed by atoms with van der Waals surface area (Å²) in [5, 5.41) is 16.4. The highest BCUT2D eigenvalue weighted by Crippen LogP contribution is 2.28. The summed E-state index contributed by atoms with van der Waals surface area (Å²) in [5.41, 5.74) is 0. The third-order valence-electron chi connectivity index (χ3n) is 6.46. The third-order valence-corrected chi connectivity index (χ3v) is 6.46. The molecular formula is C20H34N2O3. The Hall–Kier alpha value is -1.10. The number of rotatable bonds is 4. The van der Waals surface area contributed by atoms with Crippen LogP contribution in [0, 0.1) is 11.8 Å². The lowest BCUT2D eigenvalue weighted by Gasteiger charge is -2.33. The van der Waals surface area contributed by atoms with Gasteiger partial charge >= 0.3 is 0 Å². The van der Waals surface area contributed by atoms with E-state index in [0.29, 0.717) is 6.04 Å². The monoisotopic (exact) mass is 350 g/mol. The Labute approximate surface area is 151 Å². The molecule has 3 aliphatic rings. The topological polar surface area (TPSA) is 78.4 Å². The average Bonchev–Trinajstić information content (AvgIpc) is 2.63. The Morgan fingerprint density at radius 3 is 1.88 bits per heavy atom. The highest BCUT2D eigenvalue weighted by Gasteiger charge is 2.33. The molecule has 0 spiro atoms. The Morgan fingerprint density at radius 2 is 1.20 bits per heavy atom. The summed E-state index contributed by atoms with van der Waals surface area (Å²) in [6, 6.07) is 0.548. The summed E-state index contributed by atoms with van der Waals surface area (Å²) in [6.07, 6.45) is 12.6. The quantitative estimate of drug-likeness (QED) is 0.729. The summed E-state index contributed by atoms with van der Waals surface area (Å²) in [7, 11) is 0. The molecule has 2 unspecified atom stereocenters. The van der Waals surface area contributed by atoms with Crippen molar-refractivity contribution in [2.75, 3.05) is 0 Å². The molecule has 0 bridgehead atoms. The van der Waals surface area contributed by atoms with E-state index in [0.717, 1.165) is 64.2 Å². The maximum Gasteiger partial charge on any atom is 0.225 e. The van der Waals surface area contributed by atoms with Crippen molar-refractivity contribution in [1.29, 1.82) is 0 Å². The number of carbonyl (C=O) groups is 2. The van der Waals surface area contributed by atoms with Gasteiger partial charge in [-0.2, -0.15) is 0 Å². The van der Waals surface area contributed by atoms with Gasteiger partial charge in [-0.15, -0.1) is 0 Å². The van der Waals surface area contributed by atoms with E-state index in [2.05, 4.69) is 10.6 Å². The van der Waals surface area contributed by atoms with Gasteiger partial charge in [0.2, 0.25) is 11.8 Å². The third kappa shape index (κ3) is 5.19. The normalized spacial score (nSPS) is 34.3. The molecule has 142 valence electrons. The predicted molar refractivity (Wildman–Crippen MR) is 96.9 cm³/mol. The first kappa shape index (κ1) is 18.7. The van der Waals surface area contributed by atoms with Crippen LogP contribution < -0.4 is 10.6 Å². The molecule has 3 aliphatic carbocycles. The van der Waals surface area contributed by atoms with Gasteiger partial charge in [0.1, 0.15) is 0 Å². The van der Waals surface area contributed by atoms with Crippen LogP contribution in [0.5, 0.6) is 0 Å². The van der Waals surface area contributed by atoms with Crippen LogP contribution in [0.15, 0.2) is 0 Å². The molecule has 0 aromatic heterocycles. The van der Waals surface area contributed by atoms with Gasteiger partial charge in [-0.1, -0.05) is 32.1 Å². The maximum absolute atomic E-state index is 12.5. The zero-order valence-corrected chi connectivity index (χ0v) is 15.3. The summed E-state index contributed by atoms with van der Waals surface area (Å²) >= 11 is 0. The lowest BCUT2D eigenvalue weighted by atomic mass is 9.83. The lowest BCUT2D eigenvalue weighted by molar-refractivity contribution is -0.131. The number of nitrogens with one attached hydrogen (secondary N) is 2. The van der Waals surface area contributed by atoms with Crippen molar-refractivity contribution in [2.24, 2.45) is 11.8 Å². The van der Waals surface area contributed by atoms with E-state index < -0.39 is 6.10 Å². The van der Waals surface area contributed by atoms with Crippen LogP contribution in [0.2, 0.25) is 0 Å². The van der Waals surface area contributed by atoms with E-state index in [9.17, 15) is 14.7 Å². The van der Waals surface area contributed by atoms with Gasteiger partial charge < -0.3 is 15.7 Å². The molecule has 0 heterocycles. The number of aliphatic hydroxyl groups excluding tert-OH is 1. The molecule has 0 aromatic rings. The van der Waals surface area contributed by atoms with Gasteiger partial charge in [0, 0.05) is 18.0 Å². The fourth-order valence-corrected chi connectivity index (χ4v) is 4.79. The van der Waals surface area contributed by atoms with Crippen LogP contribution in [-0.2, 0) is 9.59 Å². The molecule has 0 aromatic carbocycles. The molecule has 0 saturated heterocycles. The minimum Gasteiger partial charge on any atom is -0.392 e. The second-order valence-corrected chi connectivity index (χ2v) is 8.36. The van der Waals surface area contributed by atoms with Crippen molar-refractivity contribution in [3.63, 3.8) is 0 Å². The second-order valence-electron chi connectivity index (χ2n) is 8.36. The van der Waals surface area contributed by atoms with E-state index in [1.165, 1.54) is 19.3 Å². The van der Waals surface area contributed by atoms with Crippen molar-refractivity contribution in [2.45, 2.75) is 102 Å². The fourth-order valence-electron chi connectivity index (χ4n) is 4.79. The zero-order chi connectivity index (χ0) is 17.6. The molecule has 2 amide bonds. The molecule has 0 radical (unpaired) electrons. The van der Waals surface area contributed by atoms with E-state index in [-0.39, 0.29) is 29.7 Å². The summed E-state index contributed by atoms with van der Waals surface area (Å²) in [5.74, 6) is 0.109. The maximum atomic E-state index is 12.5. The average molecular weight is 351 g/mol. The fraction of sp³-hybridized carbons (Fsp3) is 0.900. The summed E-state index contributed by atoms with van der Waals surface area (Å²) in [4.78, 5) is 24.9. The molecule has 3 fully saturated rings. The SMILES string of the molecule is O=C(NC1CCCCC1)C1CCC(NC(=O)C2CCCCC2O)CC1. The van der Waals surface area contributed by atoms with Crippen molar-refractivity contribution >= 4 is 11.8 Å². The van der Waals surface area contributed by atoms with Gasteiger partial charge in [0.05, 0.1) is 12.0 Å². The summed E-state index contributed by atoms with van der Waals surface area (Å²) in [6.45, 7) is 0. The number of hydrogen-bond donors (Lipinski definition) is 3. The number of carbonyl (C=O) groups excluding carboxylic acids is 2. The predicted octanol–water partition coefficient (Wildman–Crippen LogP) is 2.66. The minimum absolute atomic E-state index is 0.0160. The smallest absolute Gasteiger partial charge is 0.225 e. The Kier molecular flexibility index (Phi) is 6.74. The Morgan fingerprint density at radius 1 is 0.640 bits per heavy atom. The van der Waals surface area contributed by atoms with Crippen molar-refractivity contribution < 1.29 is 14.7 Å². The number of amides is 2. The highest BCUT2D eigenvalue weighted by molar-refractivity contribution is 5.80. The van der Waals surface area contributed by atoms with Crippen molar-refractivity contribution in [3.8, 4) is 0 Å². The molecule has 0 aliphatic heterocycles. The molecule has 5 nitrogen and oxygen atoms in total. The number of aliphatic hydroxyl groups is 1. The van der Waals surface area contributed by atoms with Gasteiger partial charge in [-0.3, -0.25) is 9.59 Å². The van der Waals surface area contributed by atoms with Crippen LogP contribution in [-0.4, -0.2) is 35.1 Å². The zero-order valence-electron chi connectivity index (χ0n) is 15.3. The summed E-state index contributed by atoms with van der Waals surface area (Å²) < 4.78 is 0. The first-order valence-electron chi connectivity index (χ1n) is 10.4. The molecular weight excluding hydrogens is 316 g/mol. The van der Waals surface area contributed by atoms with Gasteiger partial charge in [0.15, 0.2) is 0 Å². The Balaban J connectivity index is 1.39. The van der Waals surface area contributed by atoms with Gasteiger partial charge in [-0.25, -0.2) is 0 Å². The first-order valence-corrected chi connectivity index (χ1v) is 10.4. The second kappa shape index (κ2) is 9.02. The van der Waals surface area contributed by atoms with E-state index in [4.69, 9.17) is 0 Å². The number of hydrogen-bond acceptors (Lipinski definition) is 3. The van der Waals surface area contributed by atoms with Crippen LogP contribution >= 0.6 is 0 Å². The minimum atomic E-state index is -0.480. The van der Waals surface area contributed by atoms with Gasteiger partial charge in [0.25, 0.3) is 0 Å².